The van der Waals surface area contributed by atoms with Crippen LogP contribution in [0.2, 0.25) is 10.0 Å². The predicted molar refractivity (Wildman–Crippen MR) is 78.7 cm³/mol. The normalized spacial score (nSPS) is 19.8. The van der Waals surface area contributed by atoms with Gasteiger partial charge in [0.05, 0.1) is 0 Å². The van der Waals surface area contributed by atoms with Crippen molar-refractivity contribution in [1.29, 1.82) is 0 Å². The minimum absolute atomic E-state index is 0.0654. The molecule has 1 heterocycles. The van der Waals surface area contributed by atoms with E-state index in [-0.39, 0.29) is 11.8 Å². The summed E-state index contributed by atoms with van der Waals surface area (Å²) in [5.74, 6) is -0.153. The van der Waals surface area contributed by atoms with Gasteiger partial charge in [-0.05, 0) is 24.1 Å². The second kappa shape index (κ2) is 6.46. The molecule has 1 aliphatic rings. The lowest BCUT2D eigenvalue weighted by molar-refractivity contribution is -0.134. The van der Waals surface area contributed by atoms with Gasteiger partial charge in [0.1, 0.15) is 6.04 Å². The Bertz CT molecular complexity index is 534. The van der Waals surface area contributed by atoms with Crippen molar-refractivity contribution in [2.45, 2.75) is 32.4 Å². The first-order chi connectivity index (χ1) is 9.51. The van der Waals surface area contributed by atoms with Crippen LogP contribution in [0.5, 0.6) is 0 Å². The number of carbonyl (C=O) groups is 2. The number of benzene rings is 1. The SMILES string of the molecule is CCC1NC(=O)CCN(Cc2ccc(Cl)cc2Cl)C1=O. The smallest absolute Gasteiger partial charge is 0.245 e. The van der Waals surface area contributed by atoms with Gasteiger partial charge in [-0.3, -0.25) is 9.59 Å². The standard InChI is InChI=1S/C14H16Cl2N2O2/c1-2-12-14(20)18(6-5-13(19)17-12)8-9-3-4-10(15)7-11(9)16/h3-4,7,12H,2,5-6,8H2,1H3,(H,17,19). The molecule has 1 aromatic rings. The molecule has 0 aliphatic carbocycles. The number of nitrogens with one attached hydrogen (secondary N) is 1. The van der Waals surface area contributed by atoms with Crippen LogP contribution in [0, 0.1) is 0 Å². The van der Waals surface area contributed by atoms with Crippen LogP contribution in [0.15, 0.2) is 18.2 Å². The van der Waals surface area contributed by atoms with Gasteiger partial charge in [-0.1, -0.05) is 36.2 Å². The highest BCUT2D eigenvalue weighted by molar-refractivity contribution is 6.35. The Balaban J connectivity index is 2.18. The highest BCUT2D eigenvalue weighted by Crippen LogP contribution is 2.23. The Morgan fingerprint density at radius 1 is 1.35 bits per heavy atom. The summed E-state index contributed by atoms with van der Waals surface area (Å²) in [6.07, 6.45) is 0.892. The monoisotopic (exact) mass is 314 g/mol. The average Bonchev–Trinajstić information content (AvgIpc) is 2.54. The molecule has 0 aromatic heterocycles. The molecule has 6 heteroatoms. The lowest BCUT2D eigenvalue weighted by Gasteiger charge is -2.24. The fourth-order valence-corrected chi connectivity index (χ4v) is 2.65. The van der Waals surface area contributed by atoms with Gasteiger partial charge >= 0.3 is 0 Å². The first-order valence-corrected chi connectivity index (χ1v) is 7.29. The fourth-order valence-electron chi connectivity index (χ4n) is 2.18. The maximum atomic E-state index is 12.3. The molecule has 1 unspecified atom stereocenters. The molecule has 0 bridgehead atoms. The van der Waals surface area contributed by atoms with E-state index in [1.807, 2.05) is 6.92 Å². The number of hydrogen-bond acceptors (Lipinski definition) is 2. The topological polar surface area (TPSA) is 49.4 Å². The number of halogens is 2. The van der Waals surface area contributed by atoms with Crippen LogP contribution in [0.3, 0.4) is 0 Å². The molecule has 1 atom stereocenters. The molecular formula is C14H16Cl2N2O2. The molecule has 1 N–H and O–H groups in total. The van der Waals surface area contributed by atoms with Crippen molar-refractivity contribution in [1.82, 2.24) is 10.2 Å². The molecular weight excluding hydrogens is 299 g/mol. The lowest BCUT2D eigenvalue weighted by atomic mass is 10.1. The second-order valence-corrected chi connectivity index (χ2v) is 5.62. The summed E-state index contributed by atoms with van der Waals surface area (Å²) in [5.41, 5.74) is 0.827. The molecule has 20 heavy (non-hydrogen) atoms. The molecule has 4 nitrogen and oxygen atoms in total. The number of hydrogen-bond donors (Lipinski definition) is 1. The van der Waals surface area contributed by atoms with E-state index < -0.39 is 6.04 Å². The van der Waals surface area contributed by atoms with E-state index in [2.05, 4.69) is 5.32 Å². The van der Waals surface area contributed by atoms with Gasteiger partial charge in [0.25, 0.3) is 0 Å². The zero-order valence-electron chi connectivity index (χ0n) is 11.2. The van der Waals surface area contributed by atoms with Crippen molar-refractivity contribution in [2.75, 3.05) is 6.54 Å². The summed E-state index contributed by atoms with van der Waals surface area (Å²) in [7, 11) is 0. The van der Waals surface area contributed by atoms with E-state index in [4.69, 9.17) is 23.2 Å². The first kappa shape index (κ1) is 15.1. The Labute approximate surface area is 128 Å². The maximum Gasteiger partial charge on any atom is 0.245 e. The molecule has 0 radical (unpaired) electrons. The van der Waals surface area contributed by atoms with Gasteiger partial charge in [0, 0.05) is 29.6 Å². The number of rotatable bonds is 3. The van der Waals surface area contributed by atoms with E-state index >= 15 is 0 Å². The van der Waals surface area contributed by atoms with E-state index in [0.717, 1.165) is 5.56 Å². The highest BCUT2D eigenvalue weighted by Gasteiger charge is 2.28. The summed E-state index contributed by atoms with van der Waals surface area (Å²) in [6, 6.07) is 4.75. The number of carbonyl (C=O) groups excluding carboxylic acids is 2. The summed E-state index contributed by atoms with van der Waals surface area (Å²) in [4.78, 5) is 25.6. The molecule has 1 fully saturated rings. The molecule has 1 saturated heterocycles. The van der Waals surface area contributed by atoms with E-state index in [1.54, 1.807) is 23.1 Å². The van der Waals surface area contributed by atoms with Crippen LogP contribution in [-0.4, -0.2) is 29.3 Å². The minimum Gasteiger partial charge on any atom is -0.344 e. The summed E-state index contributed by atoms with van der Waals surface area (Å²) < 4.78 is 0. The highest BCUT2D eigenvalue weighted by atomic mass is 35.5. The fraction of sp³-hybridized carbons (Fsp3) is 0.429. The quantitative estimate of drug-likeness (QED) is 0.932. The molecule has 0 saturated carbocycles. The third-order valence-corrected chi connectivity index (χ3v) is 3.93. The molecule has 108 valence electrons. The van der Waals surface area contributed by atoms with Crippen LogP contribution >= 0.6 is 23.2 Å². The third kappa shape index (κ3) is 3.44. The largest absolute Gasteiger partial charge is 0.344 e. The summed E-state index contributed by atoms with van der Waals surface area (Å²) in [6.45, 7) is 2.67. The van der Waals surface area contributed by atoms with Crippen molar-refractivity contribution < 1.29 is 9.59 Å². The van der Waals surface area contributed by atoms with Crippen LogP contribution < -0.4 is 5.32 Å². The Hall–Kier alpha value is -1.26. The molecule has 0 spiro atoms. The first-order valence-electron chi connectivity index (χ1n) is 6.53. The Morgan fingerprint density at radius 2 is 2.10 bits per heavy atom. The number of nitrogens with zero attached hydrogens (tertiary/aromatic N) is 1. The van der Waals surface area contributed by atoms with Gasteiger partial charge in [-0.2, -0.15) is 0 Å². The maximum absolute atomic E-state index is 12.3. The van der Waals surface area contributed by atoms with Gasteiger partial charge in [-0.25, -0.2) is 0 Å². The average molecular weight is 315 g/mol. The third-order valence-electron chi connectivity index (χ3n) is 3.34. The van der Waals surface area contributed by atoms with Crippen molar-refractivity contribution in [2.24, 2.45) is 0 Å². The number of amides is 2. The van der Waals surface area contributed by atoms with Crippen LogP contribution in [0.25, 0.3) is 0 Å². The zero-order chi connectivity index (χ0) is 14.7. The van der Waals surface area contributed by atoms with E-state index in [9.17, 15) is 9.59 Å². The molecule has 2 rings (SSSR count). The summed E-state index contributed by atoms with van der Waals surface area (Å²) >= 11 is 12.0. The van der Waals surface area contributed by atoms with Crippen molar-refractivity contribution in [3.8, 4) is 0 Å². The molecule has 1 aromatic carbocycles. The van der Waals surface area contributed by atoms with E-state index in [1.165, 1.54) is 0 Å². The van der Waals surface area contributed by atoms with Crippen molar-refractivity contribution >= 4 is 35.0 Å². The van der Waals surface area contributed by atoms with Crippen molar-refractivity contribution in [3.63, 3.8) is 0 Å². The zero-order valence-corrected chi connectivity index (χ0v) is 12.7. The lowest BCUT2D eigenvalue weighted by Crippen LogP contribution is -2.43. The summed E-state index contributed by atoms with van der Waals surface area (Å²) in [5, 5.41) is 3.82. The Kier molecular flexibility index (Phi) is 4.89. The minimum atomic E-state index is -0.448. The van der Waals surface area contributed by atoms with E-state index in [0.29, 0.717) is 36.0 Å². The molecule has 2 amide bonds. The van der Waals surface area contributed by atoms with Crippen LogP contribution in [-0.2, 0) is 16.1 Å². The van der Waals surface area contributed by atoms with Crippen LogP contribution in [0.4, 0.5) is 0 Å². The van der Waals surface area contributed by atoms with Gasteiger partial charge < -0.3 is 10.2 Å². The Morgan fingerprint density at radius 3 is 2.75 bits per heavy atom. The van der Waals surface area contributed by atoms with Gasteiger partial charge in [0.15, 0.2) is 0 Å². The van der Waals surface area contributed by atoms with Gasteiger partial charge in [0.2, 0.25) is 11.8 Å². The van der Waals surface area contributed by atoms with Crippen LogP contribution in [0.1, 0.15) is 25.3 Å². The predicted octanol–water partition coefficient (Wildman–Crippen LogP) is 2.62. The van der Waals surface area contributed by atoms with Gasteiger partial charge in [-0.15, -0.1) is 0 Å². The van der Waals surface area contributed by atoms with Crippen molar-refractivity contribution in [3.05, 3.63) is 33.8 Å². The second-order valence-electron chi connectivity index (χ2n) is 4.77. The molecule has 1 aliphatic heterocycles.